The minimum Gasteiger partial charge on any atom is -0.496 e. The number of aromatic nitrogens is 3. The summed E-state index contributed by atoms with van der Waals surface area (Å²) < 4.78 is 7.46. The second-order valence-corrected chi connectivity index (χ2v) is 7.56. The van der Waals surface area contributed by atoms with Crippen LogP contribution in [0.4, 0.5) is 0 Å². The van der Waals surface area contributed by atoms with Gasteiger partial charge in [0.05, 0.1) is 12.7 Å². The number of nitrogens with zero attached hydrogens (tertiary/aromatic N) is 2. The van der Waals surface area contributed by atoms with Crippen LogP contribution in [0.25, 0.3) is 11.0 Å². The first-order valence-corrected chi connectivity index (χ1v) is 10.2. The zero-order valence-corrected chi connectivity index (χ0v) is 17.8. The molecule has 1 atom stereocenters. The van der Waals surface area contributed by atoms with Gasteiger partial charge in [-0.05, 0) is 37.6 Å². The lowest BCUT2D eigenvalue weighted by atomic mass is 10.1. The molecule has 1 aromatic carbocycles. The molecule has 0 spiro atoms. The third-order valence-electron chi connectivity index (χ3n) is 5.51. The quantitative estimate of drug-likeness (QED) is 0.401. The number of aromatic amines is 1. The highest BCUT2D eigenvalue weighted by Gasteiger charge is 2.21. The van der Waals surface area contributed by atoms with E-state index >= 15 is 0 Å². The predicted octanol–water partition coefficient (Wildman–Crippen LogP) is 3.18. The minimum absolute atomic E-state index is 0.158. The molecule has 4 aromatic rings. The molecule has 0 aliphatic carbocycles. The molecule has 3 N–H and O–H groups in total. The Labute approximate surface area is 180 Å². The van der Waals surface area contributed by atoms with Gasteiger partial charge in [-0.15, -0.1) is 0 Å². The SMILES string of the molecule is COc1cc(C)[nH]c(=O)c1CNC(O)c1c(C)n(Cc2ccccc2)c2ncccc12. The number of H-pyrrole nitrogens is 1. The molecule has 0 bridgehead atoms. The maximum atomic E-state index is 12.4. The molecule has 3 heterocycles. The van der Waals surface area contributed by atoms with Crippen molar-refractivity contribution in [2.45, 2.75) is 33.2 Å². The summed E-state index contributed by atoms with van der Waals surface area (Å²) in [5.74, 6) is 0.492. The zero-order chi connectivity index (χ0) is 22.0. The van der Waals surface area contributed by atoms with Crippen molar-refractivity contribution in [2.24, 2.45) is 0 Å². The first kappa shape index (κ1) is 20.8. The van der Waals surface area contributed by atoms with E-state index in [9.17, 15) is 9.90 Å². The average molecular weight is 418 g/mol. The van der Waals surface area contributed by atoms with Crippen molar-refractivity contribution in [2.75, 3.05) is 7.11 Å². The number of pyridine rings is 2. The lowest BCUT2D eigenvalue weighted by molar-refractivity contribution is 0.137. The third-order valence-corrected chi connectivity index (χ3v) is 5.51. The Morgan fingerprint density at radius 1 is 1.19 bits per heavy atom. The average Bonchev–Trinajstić information content (AvgIpc) is 3.04. The molecular formula is C24H26N4O3. The van der Waals surface area contributed by atoms with Gasteiger partial charge in [0.25, 0.3) is 5.56 Å². The van der Waals surface area contributed by atoms with E-state index < -0.39 is 6.23 Å². The van der Waals surface area contributed by atoms with E-state index in [0.717, 1.165) is 33.5 Å². The molecule has 31 heavy (non-hydrogen) atoms. The van der Waals surface area contributed by atoms with Gasteiger partial charge in [-0.25, -0.2) is 4.98 Å². The van der Waals surface area contributed by atoms with Crippen LogP contribution in [0.15, 0.2) is 59.5 Å². The van der Waals surface area contributed by atoms with Crippen LogP contribution in [-0.2, 0) is 13.1 Å². The predicted molar refractivity (Wildman–Crippen MR) is 120 cm³/mol. The molecule has 0 aliphatic rings. The highest BCUT2D eigenvalue weighted by Crippen LogP contribution is 2.29. The second-order valence-electron chi connectivity index (χ2n) is 7.56. The Bertz CT molecular complexity index is 1260. The lowest BCUT2D eigenvalue weighted by Crippen LogP contribution is -2.26. The van der Waals surface area contributed by atoms with Gasteiger partial charge in [-0.1, -0.05) is 30.3 Å². The summed E-state index contributed by atoms with van der Waals surface area (Å²) in [5, 5.41) is 15.0. The van der Waals surface area contributed by atoms with Crippen LogP contribution in [0.2, 0.25) is 0 Å². The standard InChI is InChI=1S/C24H26N4O3/c1-15-12-20(31-3)19(23(29)27-15)13-26-24(30)21-16(2)28(14-17-8-5-4-6-9-17)22-18(21)10-7-11-25-22/h4-12,24,26,30H,13-14H2,1-3H3,(H,27,29). The normalized spacial score (nSPS) is 12.3. The van der Waals surface area contributed by atoms with Crippen LogP contribution in [0.1, 0.15) is 34.3 Å². The van der Waals surface area contributed by atoms with Crippen molar-refractivity contribution < 1.29 is 9.84 Å². The van der Waals surface area contributed by atoms with E-state index in [1.54, 1.807) is 19.2 Å². The first-order valence-electron chi connectivity index (χ1n) is 10.2. The minimum atomic E-state index is -0.978. The lowest BCUT2D eigenvalue weighted by Gasteiger charge is -2.16. The number of fused-ring (bicyclic) bond motifs is 1. The molecule has 4 rings (SSSR count). The number of methoxy groups -OCH3 is 1. The number of ether oxygens (including phenoxy) is 1. The van der Waals surface area contributed by atoms with Gasteiger partial charge in [0.15, 0.2) is 0 Å². The fraction of sp³-hybridized carbons (Fsp3) is 0.250. The molecule has 160 valence electrons. The summed E-state index contributed by atoms with van der Waals surface area (Å²) in [4.78, 5) is 19.7. The maximum Gasteiger partial charge on any atom is 0.256 e. The second kappa shape index (κ2) is 8.75. The number of rotatable bonds is 7. The molecule has 0 fully saturated rings. The molecule has 3 aromatic heterocycles. The molecule has 7 heteroatoms. The molecule has 0 amide bonds. The van der Waals surface area contributed by atoms with E-state index in [1.807, 2.05) is 37.3 Å². The Balaban J connectivity index is 1.67. The highest BCUT2D eigenvalue weighted by atomic mass is 16.5. The highest BCUT2D eigenvalue weighted by molar-refractivity contribution is 5.82. The van der Waals surface area contributed by atoms with Crippen molar-refractivity contribution in [3.05, 3.63) is 93.2 Å². The summed E-state index contributed by atoms with van der Waals surface area (Å²) in [7, 11) is 1.53. The zero-order valence-electron chi connectivity index (χ0n) is 17.8. The molecular weight excluding hydrogens is 392 g/mol. The number of aliphatic hydroxyl groups is 1. The fourth-order valence-electron chi connectivity index (χ4n) is 3.96. The number of aliphatic hydroxyl groups excluding tert-OH is 1. The summed E-state index contributed by atoms with van der Waals surface area (Å²) >= 11 is 0. The number of benzene rings is 1. The van der Waals surface area contributed by atoms with E-state index in [1.165, 1.54) is 7.11 Å². The topological polar surface area (TPSA) is 92.2 Å². The summed E-state index contributed by atoms with van der Waals surface area (Å²) in [6.07, 6.45) is 0.776. The molecule has 0 radical (unpaired) electrons. The van der Waals surface area contributed by atoms with Crippen molar-refractivity contribution in [1.82, 2.24) is 19.9 Å². The molecule has 0 aliphatic heterocycles. The maximum absolute atomic E-state index is 12.4. The number of hydrogen-bond donors (Lipinski definition) is 3. The third kappa shape index (κ3) is 4.10. The van der Waals surface area contributed by atoms with Gasteiger partial charge in [0.1, 0.15) is 17.6 Å². The van der Waals surface area contributed by atoms with Crippen molar-refractivity contribution in [3.63, 3.8) is 0 Å². The van der Waals surface area contributed by atoms with E-state index in [2.05, 4.69) is 32.0 Å². The Hall–Kier alpha value is -3.42. The Morgan fingerprint density at radius 3 is 2.71 bits per heavy atom. The number of nitrogens with one attached hydrogen (secondary N) is 2. The summed E-state index contributed by atoms with van der Waals surface area (Å²) in [6.45, 7) is 4.58. The summed E-state index contributed by atoms with van der Waals surface area (Å²) in [5.41, 5.74) is 4.56. The van der Waals surface area contributed by atoms with E-state index in [0.29, 0.717) is 17.9 Å². The van der Waals surface area contributed by atoms with Gasteiger partial charge in [0, 0.05) is 41.6 Å². The van der Waals surface area contributed by atoms with Gasteiger partial charge in [0.2, 0.25) is 0 Å². The van der Waals surface area contributed by atoms with Crippen LogP contribution < -0.4 is 15.6 Å². The molecule has 1 unspecified atom stereocenters. The van der Waals surface area contributed by atoms with Crippen LogP contribution in [-0.4, -0.2) is 26.8 Å². The monoisotopic (exact) mass is 418 g/mol. The molecule has 0 saturated heterocycles. The van der Waals surface area contributed by atoms with Crippen molar-refractivity contribution in [3.8, 4) is 5.75 Å². The van der Waals surface area contributed by atoms with E-state index in [4.69, 9.17) is 4.74 Å². The van der Waals surface area contributed by atoms with Gasteiger partial charge in [-0.2, -0.15) is 0 Å². The fourth-order valence-corrected chi connectivity index (χ4v) is 3.96. The van der Waals surface area contributed by atoms with E-state index in [-0.39, 0.29) is 12.1 Å². The summed E-state index contributed by atoms with van der Waals surface area (Å²) in [6, 6.07) is 15.7. The molecule has 7 nitrogen and oxygen atoms in total. The van der Waals surface area contributed by atoms with Gasteiger partial charge >= 0.3 is 0 Å². The van der Waals surface area contributed by atoms with Crippen molar-refractivity contribution >= 4 is 11.0 Å². The van der Waals surface area contributed by atoms with Gasteiger partial charge in [-0.3, -0.25) is 10.1 Å². The number of aryl methyl sites for hydroxylation is 1. The first-order chi connectivity index (χ1) is 15.0. The Kier molecular flexibility index (Phi) is 5.88. The van der Waals surface area contributed by atoms with Crippen LogP contribution in [0.3, 0.4) is 0 Å². The van der Waals surface area contributed by atoms with Crippen molar-refractivity contribution in [1.29, 1.82) is 0 Å². The van der Waals surface area contributed by atoms with Crippen LogP contribution in [0.5, 0.6) is 5.75 Å². The number of hydrogen-bond acceptors (Lipinski definition) is 5. The van der Waals surface area contributed by atoms with Crippen LogP contribution in [0, 0.1) is 13.8 Å². The van der Waals surface area contributed by atoms with Crippen LogP contribution >= 0.6 is 0 Å². The van der Waals surface area contributed by atoms with Gasteiger partial charge < -0.3 is 19.4 Å². The molecule has 0 saturated carbocycles. The Morgan fingerprint density at radius 2 is 1.97 bits per heavy atom. The smallest absolute Gasteiger partial charge is 0.256 e. The largest absolute Gasteiger partial charge is 0.496 e.